The Balaban J connectivity index is 1.63. The molecule has 0 spiro atoms. The molecule has 0 radical (unpaired) electrons. The number of thioether (sulfide) groups is 1. The van der Waals surface area contributed by atoms with Crippen molar-refractivity contribution in [1.82, 2.24) is 5.32 Å². The average molecular weight is 400 g/mol. The van der Waals surface area contributed by atoms with E-state index in [4.69, 9.17) is 5.11 Å². The van der Waals surface area contributed by atoms with Crippen molar-refractivity contribution in [2.24, 2.45) is 10.2 Å². The highest BCUT2D eigenvalue weighted by atomic mass is 32.2. The number of hydrogen-bond donors (Lipinski definition) is 2. The van der Waals surface area contributed by atoms with Gasteiger partial charge in [0.1, 0.15) is 11.1 Å². The Bertz CT molecular complexity index is 946. The molecule has 2 aromatic rings. The third-order valence-corrected chi connectivity index (χ3v) is 5.04. The van der Waals surface area contributed by atoms with Crippen molar-refractivity contribution in [3.05, 3.63) is 59.9 Å². The molecule has 1 atom stereocenters. The van der Waals surface area contributed by atoms with Gasteiger partial charge < -0.3 is 15.3 Å². The van der Waals surface area contributed by atoms with E-state index in [1.807, 2.05) is 42.3 Å². The highest BCUT2D eigenvalue weighted by Crippen LogP contribution is 2.24. The standard InChI is InChI=1S/C19H17FN4O3S/c1-24(15-4-2-3-13(20)9-15)14-7-5-12(6-8-14)11-21-23-19-22-18(27)16(28-19)10-17(25)26/h2-9,11,16H,10H2,1H3,(H,25,26)(H,22,23,27). The van der Waals surface area contributed by atoms with E-state index in [0.717, 1.165) is 28.7 Å². The average Bonchev–Trinajstić information content (AvgIpc) is 3.00. The number of carboxylic acid groups (broad SMARTS) is 1. The Morgan fingerprint density at radius 3 is 2.71 bits per heavy atom. The molecule has 1 heterocycles. The smallest absolute Gasteiger partial charge is 0.305 e. The number of nitrogens with one attached hydrogen (secondary N) is 1. The van der Waals surface area contributed by atoms with Crippen LogP contribution in [0.15, 0.2) is 58.7 Å². The number of benzene rings is 2. The first-order valence-corrected chi connectivity index (χ1v) is 9.20. The van der Waals surface area contributed by atoms with Gasteiger partial charge in [-0.2, -0.15) is 5.10 Å². The second-order valence-electron chi connectivity index (χ2n) is 5.97. The molecular formula is C19H17FN4O3S. The summed E-state index contributed by atoms with van der Waals surface area (Å²) in [7, 11) is 1.84. The number of carboxylic acids is 1. The number of amidine groups is 1. The van der Waals surface area contributed by atoms with Crippen LogP contribution < -0.4 is 10.2 Å². The van der Waals surface area contributed by atoms with Crippen molar-refractivity contribution < 1.29 is 19.1 Å². The lowest BCUT2D eigenvalue weighted by Gasteiger charge is -2.19. The number of halogens is 1. The number of anilines is 2. The van der Waals surface area contributed by atoms with Crippen LogP contribution >= 0.6 is 11.8 Å². The van der Waals surface area contributed by atoms with E-state index in [1.54, 1.807) is 6.07 Å². The van der Waals surface area contributed by atoms with E-state index in [0.29, 0.717) is 0 Å². The van der Waals surface area contributed by atoms with Crippen LogP contribution in [0.3, 0.4) is 0 Å². The molecular weight excluding hydrogens is 383 g/mol. The van der Waals surface area contributed by atoms with Crippen molar-refractivity contribution >= 4 is 46.4 Å². The molecule has 2 N–H and O–H groups in total. The lowest BCUT2D eigenvalue weighted by molar-refractivity contribution is -0.138. The fourth-order valence-corrected chi connectivity index (χ4v) is 3.43. The third-order valence-electron chi connectivity index (χ3n) is 3.97. The van der Waals surface area contributed by atoms with Gasteiger partial charge in [-0.25, -0.2) is 4.39 Å². The van der Waals surface area contributed by atoms with Gasteiger partial charge in [-0.3, -0.25) is 9.59 Å². The predicted molar refractivity (Wildman–Crippen MR) is 108 cm³/mol. The molecule has 2 aromatic carbocycles. The first-order chi connectivity index (χ1) is 13.4. The molecule has 28 heavy (non-hydrogen) atoms. The van der Waals surface area contributed by atoms with E-state index in [9.17, 15) is 14.0 Å². The van der Waals surface area contributed by atoms with E-state index >= 15 is 0 Å². The summed E-state index contributed by atoms with van der Waals surface area (Å²) in [5.74, 6) is -1.72. The number of hydrogen-bond acceptors (Lipinski definition) is 6. The lowest BCUT2D eigenvalue weighted by Crippen LogP contribution is -2.26. The van der Waals surface area contributed by atoms with Crippen molar-refractivity contribution in [1.29, 1.82) is 0 Å². The zero-order valence-corrected chi connectivity index (χ0v) is 15.7. The predicted octanol–water partition coefficient (Wildman–Crippen LogP) is 2.99. The summed E-state index contributed by atoms with van der Waals surface area (Å²) in [6, 6.07) is 13.7. The minimum Gasteiger partial charge on any atom is -0.481 e. The monoisotopic (exact) mass is 400 g/mol. The number of aliphatic carboxylic acids is 1. The summed E-state index contributed by atoms with van der Waals surface area (Å²) < 4.78 is 13.4. The van der Waals surface area contributed by atoms with Crippen molar-refractivity contribution in [2.45, 2.75) is 11.7 Å². The summed E-state index contributed by atoms with van der Waals surface area (Å²) in [5.41, 5.74) is 2.40. The van der Waals surface area contributed by atoms with E-state index < -0.39 is 11.2 Å². The van der Waals surface area contributed by atoms with E-state index in [1.165, 1.54) is 18.3 Å². The molecule has 7 nitrogen and oxygen atoms in total. The first kappa shape index (κ1) is 19.6. The van der Waals surface area contributed by atoms with Crippen LogP contribution in [0.5, 0.6) is 0 Å². The van der Waals surface area contributed by atoms with Crippen molar-refractivity contribution in [2.75, 3.05) is 11.9 Å². The van der Waals surface area contributed by atoms with Gasteiger partial charge in [-0.15, -0.1) is 5.10 Å². The molecule has 3 rings (SSSR count). The quantitative estimate of drug-likeness (QED) is 0.574. The third kappa shape index (κ3) is 4.95. The molecule has 0 saturated carbocycles. The number of carbonyl (C=O) groups excluding carboxylic acids is 1. The summed E-state index contributed by atoms with van der Waals surface area (Å²) in [4.78, 5) is 24.2. The van der Waals surface area contributed by atoms with Crippen LogP contribution in [0.25, 0.3) is 0 Å². The normalized spacial score (nSPS) is 17.9. The zero-order valence-electron chi connectivity index (χ0n) is 14.9. The molecule has 0 bridgehead atoms. The highest BCUT2D eigenvalue weighted by Gasteiger charge is 2.32. The summed E-state index contributed by atoms with van der Waals surface area (Å²) in [6.07, 6.45) is 1.26. The van der Waals surface area contributed by atoms with Gasteiger partial charge in [0, 0.05) is 18.4 Å². The minimum absolute atomic E-state index is 0.264. The Morgan fingerprint density at radius 1 is 1.29 bits per heavy atom. The van der Waals surface area contributed by atoms with Gasteiger partial charge in [-0.1, -0.05) is 30.0 Å². The number of carbonyl (C=O) groups is 2. The summed E-state index contributed by atoms with van der Waals surface area (Å²) in [5, 5.41) is 18.7. The topological polar surface area (TPSA) is 94.4 Å². The molecule has 0 aliphatic carbocycles. The lowest BCUT2D eigenvalue weighted by atomic mass is 10.2. The number of rotatable bonds is 6. The summed E-state index contributed by atoms with van der Waals surface area (Å²) >= 11 is 1.04. The first-order valence-electron chi connectivity index (χ1n) is 8.32. The number of nitrogens with zero attached hydrogens (tertiary/aromatic N) is 3. The van der Waals surface area contributed by atoms with E-state index in [2.05, 4.69) is 15.5 Å². The Kier molecular flexibility index (Phi) is 6.05. The van der Waals surface area contributed by atoms with Crippen LogP contribution in [-0.2, 0) is 9.59 Å². The Morgan fingerprint density at radius 2 is 2.04 bits per heavy atom. The van der Waals surface area contributed by atoms with Crippen LogP contribution in [0.2, 0.25) is 0 Å². The molecule has 144 valence electrons. The van der Waals surface area contributed by atoms with Gasteiger partial charge in [0.2, 0.25) is 5.91 Å². The highest BCUT2D eigenvalue weighted by molar-refractivity contribution is 8.15. The minimum atomic E-state index is -1.04. The van der Waals surface area contributed by atoms with Crippen molar-refractivity contribution in [3.63, 3.8) is 0 Å². The molecule has 1 saturated heterocycles. The SMILES string of the molecule is CN(c1ccc(C=NN=C2NC(=O)C(CC(=O)O)S2)cc1)c1cccc(F)c1. The maximum Gasteiger partial charge on any atom is 0.305 e. The summed E-state index contributed by atoms with van der Waals surface area (Å²) in [6.45, 7) is 0. The Hall–Kier alpha value is -3.20. The van der Waals surface area contributed by atoms with Crippen LogP contribution in [-0.4, -0.2) is 40.7 Å². The molecule has 1 fully saturated rings. The van der Waals surface area contributed by atoms with Crippen LogP contribution in [0, 0.1) is 5.82 Å². The fourth-order valence-electron chi connectivity index (χ4n) is 2.51. The molecule has 1 unspecified atom stereocenters. The molecule has 1 aliphatic rings. The van der Waals surface area contributed by atoms with Gasteiger partial charge in [0.15, 0.2) is 5.17 Å². The second kappa shape index (κ2) is 8.66. The number of amides is 1. The molecule has 1 amide bonds. The fraction of sp³-hybridized carbons (Fsp3) is 0.158. The van der Waals surface area contributed by atoms with E-state index in [-0.39, 0.29) is 23.3 Å². The maximum atomic E-state index is 13.4. The maximum absolute atomic E-state index is 13.4. The van der Waals surface area contributed by atoms with Gasteiger partial charge >= 0.3 is 5.97 Å². The van der Waals surface area contributed by atoms with Crippen LogP contribution in [0.4, 0.5) is 15.8 Å². The second-order valence-corrected chi connectivity index (χ2v) is 7.17. The van der Waals surface area contributed by atoms with Crippen molar-refractivity contribution in [3.8, 4) is 0 Å². The Labute approximate surface area is 165 Å². The largest absolute Gasteiger partial charge is 0.481 e. The zero-order chi connectivity index (χ0) is 20.1. The van der Waals surface area contributed by atoms with Gasteiger partial charge in [0.05, 0.1) is 12.6 Å². The molecule has 0 aromatic heterocycles. The van der Waals surface area contributed by atoms with Gasteiger partial charge in [0.25, 0.3) is 0 Å². The molecule has 9 heteroatoms. The molecule has 1 aliphatic heterocycles. The van der Waals surface area contributed by atoms with Crippen LogP contribution in [0.1, 0.15) is 12.0 Å². The van der Waals surface area contributed by atoms with Gasteiger partial charge in [-0.05, 0) is 35.9 Å².